The van der Waals surface area contributed by atoms with Crippen molar-refractivity contribution in [2.24, 2.45) is 0 Å². The molecule has 12 aromatic rings. The van der Waals surface area contributed by atoms with Crippen molar-refractivity contribution in [1.29, 1.82) is 0 Å². The highest BCUT2D eigenvalue weighted by molar-refractivity contribution is 6.14. The van der Waals surface area contributed by atoms with Gasteiger partial charge in [-0.3, -0.25) is 0 Å². The summed E-state index contributed by atoms with van der Waals surface area (Å²) in [5, 5.41) is 7.17. The Morgan fingerprint density at radius 1 is 0.298 bits per heavy atom. The number of para-hydroxylation sites is 4. The van der Waals surface area contributed by atoms with Gasteiger partial charge in [0.15, 0.2) is 5.58 Å². The van der Waals surface area contributed by atoms with E-state index in [-0.39, 0.29) is 0 Å². The second-order valence-corrected chi connectivity index (χ2v) is 14.9. The third kappa shape index (κ3) is 4.86. The molecule has 0 saturated carbocycles. The highest BCUT2D eigenvalue weighted by atomic mass is 16.3. The van der Waals surface area contributed by atoms with Crippen molar-refractivity contribution in [1.82, 2.24) is 9.13 Å². The lowest BCUT2D eigenvalue weighted by Gasteiger charge is -2.12. The Labute approximate surface area is 328 Å². The minimum atomic E-state index is 0.902. The molecular formula is C54H34N2O. The summed E-state index contributed by atoms with van der Waals surface area (Å²) in [6.07, 6.45) is 0. The molecule has 3 heteroatoms. The molecule has 3 aromatic heterocycles. The Hall–Kier alpha value is -7.62. The van der Waals surface area contributed by atoms with Gasteiger partial charge in [0.2, 0.25) is 0 Å². The van der Waals surface area contributed by atoms with Crippen LogP contribution in [0, 0.1) is 0 Å². The Kier molecular flexibility index (Phi) is 6.93. The van der Waals surface area contributed by atoms with Gasteiger partial charge in [-0.15, -0.1) is 0 Å². The van der Waals surface area contributed by atoms with Crippen LogP contribution in [0.4, 0.5) is 0 Å². The molecule has 0 saturated heterocycles. The maximum Gasteiger partial charge on any atom is 0.159 e. The van der Waals surface area contributed by atoms with Gasteiger partial charge in [0.05, 0.1) is 27.8 Å². The maximum absolute atomic E-state index is 6.53. The SMILES string of the molecule is c1ccc(-c2ccccc2-c2ccc(-n3c4ccccc4c4cc(-c5ccc6c(c5)c5ccccc5n6-c5cccc6c5oc5ccccc56)ccc43)cc2)cc1. The topological polar surface area (TPSA) is 23.0 Å². The van der Waals surface area contributed by atoms with Crippen molar-refractivity contribution in [3.8, 4) is 44.8 Å². The van der Waals surface area contributed by atoms with E-state index in [1.54, 1.807) is 0 Å². The molecule has 0 N–H and O–H groups in total. The zero-order chi connectivity index (χ0) is 37.5. The molecule has 0 atom stereocenters. The van der Waals surface area contributed by atoms with E-state index in [4.69, 9.17) is 4.42 Å². The monoisotopic (exact) mass is 726 g/mol. The van der Waals surface area contributed by atoms with E-state index in [2.05, 4.69) is 209 Å². The van der Waals surface area contributed by atoms with Gasteiger partial charge in [-0.05, 0) is 94.0 Å². The van der Waals surface area contributed by atoms with Crippen LogP contribution < -0.4 is 0 Å². The number of fused-ring (bicyclic) bond motifs is 9. The second kappa shape index (κ2) is 12.5. The van der Waals surface area contributed by atoms with Crippen LogP contribution in [0.5, 0.6) is 0 Å². The molecule has 0 aliphatic carbocycles. The molecule has 9 aromatic carbocycles. The van der Waals surface area contributed by atoms with Crippen LogP contribution in [0.15, 0.2) is 211 Å². The van der Waals surface area contributed by atoms with Crippen molar-refractivity contribution in [3.05, 3.63) is 206 Å². The summed E-state index contributed by atoms with van der Waals surface area (Å²) in [4.78, 5) is 0. The molecule has 3 heterocycles. The molecule has 0 bridgehead atoms. The normalized spacial score (nSPS) is 11.9. The molecule has 266 valence electrons. The quantitative estimate of drug-likeness (QED) is 0.173. The number of benzene rings is 9. The minimum Gasteiger partial charge on any atom is -0.454 e. The van der Waals surface area contributed by atoms with E-state index in [0.29, 0.717) is 0 Å². The molecule has 0 aliphatic heterocycles. The second-order valence-electron chi connectivity index (χ2n) is 14.9. The van der Waals surface area contributed by atoms with Gasteiger partial charge in [-0.25, -0.2) is 0 Å². The molecule has 0 amide bonds. The van der Waals surface area contributed by atoms with Crippen molar-refractivity contribution in [3.63, 3.8) is 0 Å². The van der Waals surface area contributed by atoms with E-state index in [1.165, 1.54) is 66.0 Å². The molecule has 0 aliphatic rings. The predicted octanol–water partition coefficient (Wildman–Crippen LogP) is 14.8. The van der Waals surface area contributed by atoms with Gasteiger partial charge < -0.3 is 13.6 Å². The number of aromatic nitrogens is 2. The van der Waals surface area contributed by atoms with Gasteiger partial charge in [0, 0.05) is 38.0 Å². The number of rotatable bonds is 5. The summed E-state index contributed by atoms with van der Waals surface area (Å²) in [6.45, 7) is 0. The van der Waals surface area contributed by atoms with Gasteiger partial charge >= 0.3 is 0 Å². The lowest BCUT2D eigenvalue weighted by atomic mass is 9.94. The van der Waals surface area contributed by atoms with Gasteiger partial charge in [0.1, 0.15) is 5.58 Å². The van der Waals surface area contributed by atoms with E-state index >= 15 is 0 Å². The third-order valence-electron chi connectivity index (χ3n) is 11.8. The van der Waals surface area contributed by atoms with Crippen LogP contribution in [0.25, 0.3) is 110 Å². The first-order valence-corrected chi connectivity index (χ1v) is 19.5. The Morgan fingerprint density at radius 2 is 0.789 bits per heavy atom. The first kappa shape index (κ1) is 31.7. The fourth-order valence-corrected chi connectivity index (χ4v) is 9.15. The number of hydrogen-bond acceptors (Lipinski definition) is 1. The van der Waals surface area contributed by atoms with Crippen molar-refractivity contribution < 1.29 is 4.42 Å². The van der Waals surface area contributed by atoms with Gasteiger partial charge in [-0.1, -0.05) is 146 Å². The molecule has 0 radical (unpaired) electrons. The first-order chi connectivity index (χ1) is 28.3. The van der Waals surface area contributed by atoms with Crippen LogP contribution in [0.2, 0.25) is 0 Å². The first-order valence-electron chi connectivity index (χ1n) is 19.5. The minimum absolute atomic E-state index is 0.902. The average molecular weight is 727 g/mol. The fraction of sp³-hybridized carbons (Fsp3) is 0. The average Bonchev–Trinajstić information content (AvgIpc) is 3.94. The Balaban J connectivity index is 0.979. The third-order valence-corrected chi connectivity index (χ3v) is 11.8. The number of nitrogens with zero attached hydrogens (tertiary/aromatic N) is 2. The largest absolute Gasteiger partial charge is 0.454 e. The highest BCUT2D eigenvalue weighted by Crippen LogP contribution is 2.41. The lowest BCUT2D eigenvalue weighted by molar-refractivity contribution is 0.666. The smallest absolute Gasteiger partial charge is 0.159 e. The van der Waals surface area contributed by atoms with Crippen molar-refractivity contribution in [2.45, 2.75) is 0 Å². The number of furan rings is 1. The van der Waals surface area contributed by atoms with E-state index < -0.39 is 0 Å². The fourth-order valence-electron chi connectivity index (χ4n) is 9.15. The predicted molar refractivity (Wildman–Crippen MR) is 239 cm³/mol. The summed E-state index contributed by atoms with van der Waals surface area (Å²) in [6, 6.07) is 74.4. The molecule has 0 fully saturated rings. The van der Waals surface area contributed by atoms with Crippen LogP contribution in [-0.2, 0) is 0 Å². The molecule has 12 rings (SSSR count). The van der Waals surface area contributed by atoms with Gasteiger partial charge in [-0.2, -0.15) is 0 Å². The summed E-state index contributed by atoms with van der Waals surface area (Å²) in [5.74, 6) is 0. The van der Waals surface area contributed by atoms with Crippen LogP contribution in [0.3, 0.4) is 0 Å². The van der Waals surface area contributed by atoms with E-state index in [1.807, 2.05) is 6.07 Å². The van der Waals surface area contributed by atoms with Gasteiger partial charge in [0.25, 0.3) is 0 Å². The van der Waals surface area contributed by atoms with E-state index in [9.17, 15) is 0 Å². The van der Waals surface area contributed by atoms with Crippen LogP contribution in [0.1, 0.15) is 0 Å². The molecule has 3 nitrogen and oxygen atoms in total. The molecule has 0 spiro atoms. The summed E-state index contributed by atoms with van der Waals surface area (Å²) in [7, 11) is 0. The van der Waals surface area contributed by atoms with Crippen LogP contribution in [-0.4, -0.2) is 9.13 Å². The zero-order valence-corrected chi connectivity index (χ0v) is 30.9. The number of hydrogen-bond donors (Lipinski definition) is 0. The Bertz CT molecular complexity index is 3510. The Morgan fingerprint density at radius 3 is 1.47 bits per heavy atom. The summed E-state index contributed by atoms with van der Waals surface area (Å²) in [5.41, 5.74) is 16.0. The summed E-state index contributed by atoms with van der Waals surface area (Å²) < 4.78 is 11.3. The maximum atomic E-state index is 6.53. The zero-order valence-electron chi connectivity index (χ0n) is 30.9. The van der Waals surface area contributed by atoms with E-state index in [0.717, 1.165) is 44.3 Å². The van der Waals surface area contributed by atoms with Crippen molar-refractivity contribution >= 4 is 65.6 Å². The standard InChI is InChI=1S/C54H34N2O/c1-2-13-35(14-3-1)40-15-4-5-16-41(40)36-25-29-39(30-26-36)55-48-21-9-6-17-42(48)46-33-37(27-31-50(46)55)38-28-32-51-47(34-38)43-18-7-10-22-49(43)56(51)52-23-12-20-45-44-19-8-11-24-53(44)57-54(45)52/h1-34H. The van der Waals surface area contributed by atoms with Crippen molar-refractivity contribution in [2.75, 3.05) is 0 Å². The molecular weight excluding hydrogens is 693 g/mol. The highest BCUT2D eigenvalue weighted by Gasteiger charge is 2.19. The van der Waals surface area contributed by atoms with Crippen LogP contribution >= 0.6 is 0 Å². The lowest BCUT2D eigenvalue weighted by Crippen LogP contribution is -1.94. The molecule has 0 unspecified atom stereocenters. The molecule has 57 heavy (non-hydrogen) atoms. The summed E-state index contributed by atoms with van der Waals surface area (Å²) >= 11 is 0.